The molecule has 0 amide bonds. The van der Waals surface area contributed by atoms with E-state index in [-0.39, 0.29) is 0 Å². The number of nitrogens with two attached hydrogens (primary N) is 1. The van der Waals surface area contributed by atoms with E-state index >= 15 is 0 Å². The van der Waals surface area contributed by atoms with E-state index < -0.39 is 0 Å². The Balaban J connectivity index is 1.88. The SMILES string of the molecule is Cn1nc(-c2cc(Br)ccc2OCC2CCC2)cc1N. The predicted molar refractivity (Wildman–Crippen MR) is 83.6 cm³/mol. The second-order valence-electron chi connectivity index (χ2n) is 5.33. The van der Waals surface area contributed by atoms with Crippen LogP contribution in [0.15, 0.2) is 28.7 Å². The molecule has 106 valence electrons. The van der Waals surface area contributed by atoms with Gasteiger partial charge < -0.3 is 10.5 Å². The van der Waals surface area contributed by atoms with Gasteiger partial charge >= 0.3 is 0 Å². The van der Waals surface area contributed by atoms with Gasteiger partial charge in [-0.3, -0.25) is 4.68 Å². The molecule has 1 aromatic heterocycles. The fraction of sp³-hybridized carbons (Fsp3) is 0.400. The first-order valence-corrected chi connectivity index (χ1v) is 7.65. The zero-order valence-corrected chi connectivity index (χ0v) is 13.1. The minimum absolute atomic E-state index is 0.643. The summed E-state index contributed by atoms with van der Waals surface area (Å²) in [4.78, 5) is 0. The van der Waals surface area contributed by atoms with Crippen LogP contribution >= 0.6 is 15.9 Å². The van der Waals surface area contributed by atoms with Crippen molar-refractivity contribution < 1.29 is 4.74 Å². The number of halogens is 1. The lowest BCUT2D eigenvalue weighted by Crippen LogP contribution is -2.19. The molecule has 0 unspecified atom stereocenters. The van der Waals surface area contributed by atoms with Crippen molar-refractivity contribution in [1.82, 2.24) is 9.78 Å². The van der Waals surface area contributed by atoms with Crippen molar-refractivity contribution in [3.8, 4) is 17.0 Å². The Morgan fingerprint density at radius 3 is 2.80 bits per heavy atom. The lowest BCUT2D eigenvalue weighted by Gasteiger charge is -2.25. The van der Waals surface area contributed by atoms with Crippen LogP contribution in [0.5, 0.6) is 5.75 Å². The molecule has 1 fully saturated rings. The molecule has 0 bridgehead atoms. The lowest BCUT2D eigenvalue weighted by molar-refractivity contribution is 0.181. The van der Waals surface area contributed by atoms with Crippen LogP contribution in [-0.4, -0.2) is 16.4 Å². The van der Waals surface area contributed by atoms with E-state index in [1.807, 2.05) is 31.3 Å². The second kappa shape index (κ2) is 5.48. The zero-order chi connectivity index (χ0) is 14.1. The third-order valence-electron chi connectivity index (χ3n) is 3.83. The molecule has 0 saturated heterocycles. The van der Waals surface area contributed by atoms with Gasteiger partial charge in [0.05, 0.1) is 12.3 Å². The summed E-state index contributed by atoms with van der Waals surface area (Å²) in [6.07, 6.45) is 3.89. The molecule has 0 aliphatic heterocycles. The molecule has 0 atom stereocenters. The van der Waals surface area contributed by atoms with Gasteiger partial charge in [-0.25, -0.2) is 0 Å². The summed E-state index contributed by atoms with van der Waals surface area (Å²) < 4.78 is 8.67. The highest BCUT2D eigenvalue weighted by atomic mass is 79.9. The molecular weight excluding hydrogens is 318 g/mol. The van der Waals surface area contributed by atoms with Gasteiger partial charge in [0.2, 0.25) is 0 Å². The van der Waals surface area contributed by atoms with E-state index in [1.165, 1.54) is 19.3 Å². The van der Waals surface area contributed by atoms with Gasteiger partial charge in [-0.2, -0.15) is 5.10 Å². The largest absolute Gasteiger partial charge is 0.493 e. The average molecular weight is 336 g/mol. The highest BCUT2D eigenvalue weighted by molar-refractivity contribution is 9.10. The van der Waals surface area contributed by atoms with Crippen molar-refractivity contribution in [2.75, 3.05) is 12.3 Å². The Bertz CT molecular complexity index is 600. The van der Waals surface area contributed by atoms with Gasteiger partial charge in [0.25, 0.3) is 0 Å². The van der Waals surface area contributed by atoms with Crippen LogP contribution in [-0.2, 0) is 7.05 Å². The number of anilines is 1. The first-order valence-electron chi connectivity index (χ1n) is 6.86. The predicted octanol–water partition coefficient (Wildman–Crippen LogP) is 3.61. The van der Waals surface area contributed by atoms with E-state index in [0.717, 1.165) is 28.1 Å². The molecule has 20 heavy (non-hydrogen) atoms. The van der Waals surface area contributed by atoms with Crippen LogP contribution in [0.4, 0.5) is 5.82 Å². The second-order valence-corrected chi connectivity index (χ2v) is 6.24. The van der Waals surface area contributed by atoms with Crippen LogP contribution in [0.1, 0.15) is 19.3 Å². The van der Waals surface area contributed by atoms with Crippen LogP contribution in [0.3, 0.4) is 0 Å². The van der Waals surface area contributed by atoms with Crippen LogP contribution in [0.2, 0.25) is 0 Å². The first-order chi connectivity index (χ1) is 9.63. The molecule has 2 aromatic rings. The normalized spacial score (nSPS) is 15.1. The highest BCUT2D eigenvalue weighted by Crippen LogP contribution is 2.34. The number of aryl methyl sites for hydroxylation is 1. The number of nitrogens with zero attached hydrogens (tertiary/aromatic N) is 2. The summed E-state index contributed by atoms with van der Waals surface area (Å²) >= 11 is 3.50. The molecule has 1 aliphatic carbocycles. The van der Waals surface area contributed by atoms with Crippen molar-refractivity contribution >= 4 is 21.7 Å². The Morgan fingerprint density at radius 1 is 1.40 bits per heavy atom. The van der Waals surface area contributed by atoms with E-state index in [9.17, 15) is 0 Å². The van der Waals surface area contributed by atoms with Crippen LogP contribution < -0.4 is 10.5 Å². The summed E-state index contributed by atoms with van der Waals surface area (Å²) in [6, 6.07) is 7.88. The van der Waals surface area contributed by atoms with E-state index in [2.05, 4.69) is 21.0 Å². The van der Waals surface area contributed by atoms with Crippen molar-refractivity contribution in [3.63, 3.8) is 0 Å². The molecule has 4 nitrogen and oxygen atoms in total. The van der Waals surface area contributed by atoms with Gasteiger partial charge in [-0.05, 0) is 37.0 Å². The zero-order valence-electron chi connectivity index (χ0n) is 11.5. The number of hydrogen-bond acceptors (Lipinski definition) is 3. The molecule has 1 aliphatic rings. The Morgan fingerprint density at radius 2 is 2.20 bits per heavy atom. The molecule has 1 aromatic carbocycles. The third kappa shape index (κ3) is 2.68. The maximum Gasteiger partial charge on any atom is 0.128 e. The molecule has 2 N–H and O–H groups in total. The number of benzene rings is 1. The van der Waals surface area contributed by atoms with E-state index in [1.54, 1.807) is 4.68 Å². The Kier molecular flexibility index (Phi) is 3.70. The summed E-state index contributed by atoms with van der Waals surface area (Å²) in [7, 11) is 1.84. The molecule has 5 heteroatoms. The van der Waals surface area contributed by atoms with E-state index in [0.29, 0.717) is 11.7 Å². The lowest BCUT2D eigenvalue weighted by atomic mass is 9.86. The van der Waals surface area contributed by atoms with Gasteiger partial charge in [0.1, 0.15) is 11.6 Å². The maximum absolute atomic E-state index is 5.99. The standard InChI is InChI=1S/C15H18BrN3O/c1-19-15(17)8-13(18-19)12-7-11(16)5-6-14(12)20-9-10-3-2-4-10/h5-8,10H,2-4,9,17H2,1H3. The molecule has 0 spiro atoms. The Hall–Kier alpha value is -1.49. The molecule has 0 radical (unpaired) electrons. The molecule has 1 saturated carbocycles. The number of ether oxygens (including phenoxy) is 1. The Labute approximate surface area is 127 Å². The van der Waals surface area contributed by atoms with Crippen molar-refractivity contribution in [2.24, 2.45) is 13.0 Å². The number of hydrogen-bond donors (Lipinski definition) is 1. The fourth-order valence-electron chi connectivity index (χ4n) is 2.31. The topological polar surface area (TPSA) is 53.1 Å². The quantitative estimate of drug-likeness (QED) is 0.928. The minimum atomic E-state index is 0.643. The van der Waals surface area contributed by atoms with Gasteiger partial charge in [-0.1, -0.05) is 22.4 Å². The number of rotatable bonds is 4. The number of nitrogen functional groups attached to an aromatic ring is 1. The van der Waals surface area contributed by atoms with Gasteiger partial charge in [0.15, 0.2) is 0 Å². The summed E-state index contributed by atoms with van der Waals surface area (Å²) in [5.74, 6) is 2.23. The summed E-state index contributed by atoms with van der Waals surface area (Å²) in [6.45, 7) is 0.789. The monoisotopic (exact) mass is 335 g/mol. The summed E-state index contributed by atoms with van der Waals surface area (Å²) in [5, 5.41) is 4.43. The summed E-state index contributed by atoms with van der Waals surface area (Å²) in [5.41, 5.74) is 7.69. The average Bonchev–Trinajstić information content (AvgIpc) is 2.69. The highest BCUT2D eigenvalue weighted by Gasteiger charge is 2.19. The van der Waals surface area contributed by atoms with Crippen molar-refractivity contribution in [1.29, 1.82) is 0 Å². The van der Waals surface area contributed by atoms with Crippen molar-refractivity contribution in [3.05, 3.63) is 28.7 Å². The first kappa shape index (κ1) is 13.5. The van der Waals surface area contributed by atoms with Gasteiger partial charge in [0, 0.05) is 23.2 Å². The maximum atomic E-state index is 5.99. The van der Waals surface area contributed by atoms with Crippen LogP contribution in [0.25, 0.3) is 11.3 Å². The number of aromatic nitrogens is 2. The molecule has 3 rings (SSSR count). The molecular formula is C15H18BrN3O. The fourth-order valence-corrected chi connectivity index (χ4v) is 2.67. The smallest absolute Gasteiger partial charge is 0.128 e. The minimum Gasteiger partial charge on any atom is -0.493 e. The van der Waals surface area contributed by atoms with Crippen molar-refractivity contribution in [2.45, 2.75) is 19.3 Å². The van der Waals surface area contributed by atoms with Crippen LogP contribution in [0, 0.1) is 5.92 Å². The molecule has 1 heterocycles. The third-order valence-corrected chi connectivity index (χ3v) is 4.33. The van der Waals surface area contributed by atoms with Gasteiger partial charge in [-0.15, -0.1) is 0 Å². The van der Waals surface area contributed by atoms with E-state index in [4.69, 9.17) is 10.5 Å².